The van der Waals surface area contributed by atoms with Gasteiger partial charge in [0, 0.05) is 12.1 Å². The fraction of sp³-hybridized carbons (Fsp3) is 0.188. The van der Waals surface area contributed by atoms with Crippen LogP contribution in [0.3, 0.4) is 0 Å². The van der Waals surface area contributed by atoms with Crippen LogP contribution in [0.1, 0.15) is 13.3 Å². The van der Waals surface area contributed by atoms with E-state index in [1.54, 1.807) is 18.2 Å². The molecule has 108 valence electrons. The first-order chi connectivity index (χ1) is 10.1. The third-order valence-corrected chi connectivity index (χ3v) is 3.67. The first-order valence-corrected chi connectivity index (χ1v) is 7.12. The molecule has 0 unspecified atom stereocenters. The maximum Gasteiger partial charge on any atom is 0.141 e. The van der Waals surface area contributed by atoms with Crippen LogP contribution in [0.2, 0.25) is 5.02 Å². The Morgan fingerprint density at radius 1 is 1.24 bits per heavy atom. The van der Waals surface area contributed by atoms with Gasteiger partial charge in [-0.2, -0.15) is 0 Å². The molecular formula is C16H14ClFN2O. The molecule has 3 rings (SSSR count). The predicted octanol–water partition coefficient (Wildman–Crippen LogP) is 4.61. The van der Waals surface area contributed by atoms with Gasteiger partial charge in [0.05, 0.1) is 16.1 Å². The Balaban J connectivity index is 2.25. The van der Waals surface area contributed by atoms with Crippen molar-refractivity contribution in [3.8, 4) is 17.1 Å². The van der Waals surface area contributed by atoms with Gasteiger partial charge in [-0.15, -0.1) is 0 Å². The van der Waals surface area contributed by atoms with E-state index in [4.69, 9.17) is 11.6 Å². The van der Waals surface area contributed by atoms with Gasteiger partial charge in [-0.3, -0.25) is 0 Å². The SMILES string of the molecule is CCCn1c(-c2ccc(O)c(Cl)c2)nc2ccc(F)cc21. The van der Waals surface area contributed by atoms with E-state index in [-0.39, 0.29) is 16.6 Å². The van der Waals surface area contributed by atoms with Crippen LogP contribution in [0.4, 0.5) is 4.39 Å². The van der Waals surface area contributed by atoms with E-state index in [0.29, 0.717) is 0 Å². The Labute approximate surface area is 126 Å². The van der Waals surface area contributed by atoms with Crippen molar-refractivity contribution in [2.45, 2.75) is 19.9 Å². The Hall–Kier alpha value is -2.07. The van der Waals surface area contributed by atoms with Crippen LogP contribution in [-0.4, -0.2) is 14.7 Å². The zero-order valence-electron chi connectivity index (χ0n) is 11.5. The van der Waals surface area contributed by atoms with Gasteiger partial charge in [-0.05, 0) is 42.8 Å². The van der Waals surface area contributed by atoms with Crippen molar-refractivity contribution < 1.29 is 9.50 Å². The number of aromatic nitrogens is 2. The topological polar surface area (TPSA) is 38.0 Å². The molecule has 0 aliphatic carbocycles. The monoisotopic (exact) mass is 304 g/mol. The van der Waals surface area contributed by atoms with Gasteiger partial charge < -0.3 is 9.67 Å². The summed E-state index contributed by atoms with van der Waals surface area (Å²) in [7, 11) is 0. The second-order valence-electron chi connectivity index (χ2n) is 4.89. The van der Waals surface area contributed by atoms with E-state index >= 15 is 0 Å². The van der Waals surface area contributed by atoms with Crippen LogP contribution in [0, 0.1) is 5.82 Å². The maximum absolute atomic E-state index is 13.5. The second kappa shape index (κ2) is 5.37. The highest BCUT2D eigenvalue weighted by molar-refractivity contribution is 6.32. The van der Waals surface area contributed by atoms with Crippen molar-refractivity contribution in [2.75, 3.05) is 0 Å². The molecule has 0 bridgehead atoms. The molecule has 0 aliphatic heterocycles. The molecule has 1 aromatic heterocycles. The summed E-state index contributed by atoms with van der Waals surface area (Å²) in [4.78, 5) is 4.57. The number of hydrogen-bond donors (Lipinski definition) is 1. The Bertz CT molecular complexity index is 813. The number of rotatable bonds is 3. The molecule has 5 heteroatoms. The molecule has 1 heterocycles. The molecule has 1 N–H and O–H groups in total. The Morgan fingerprint density at radius 2 is 2.05 bits per heavy atom. The molecule has 3 aromatic rings. The van der Waals surface area contributed by atoms with E-state index in [9.17, 15) is 9.50 Å². The summed E-state index contributed by atoms with van der Waals surface area (Å²) >= 11 is 5.97. The molecule has 0 saturated carbocycles. The summed E-state index contributed by atoms with van der Waals surface area (Å²) < 4.78 is 15.5. The molecule has 0 amide bonds. The maximum atomic E-state index is 13.5. The largest absolute Gasteiger partial charge is 0.506 e. The van der Waals surface area contributed by atoms with Crippen molar-refractivity contribution in [1.29, 1.82) is 0 Å². The number of aromatic hydroxyl groups is 1. The molecule has 3 nitrogen and oxygen atoms in total. The minimum atomic E-state index is -0.282. The molecule has 21 heavy (non-hydrogen) atoms. The van der Waals surface area contributed by atoms with Gasteiger partial charge >= 0.3 is 0 Å². The standard InChI is InChI=1S/C16H14ClFN2O/c1-2-7-20-14-9-11(18)4-5-13(14)19-16(20)10-3-6-15(21)12(17)8-10/h3-6,8-9,21H,2,7H2,1H3. The second-order valence-corrected chi connectivity index (χ2v) is 5.29. The highest BCUT2D eigenvalue weighted by atomic mass is 35.5. The molecule has 0 saturated heterocycles. The van der Waals surface area contributed by atoms with Crippen molar-refractivity contribution in [3.63, 3.8) is 0 Å². The van der Waals surface area contributed by atoms with Crippen molar-refractivity contribution in [2.24, 2.45) is 0 Å². The van der Waals surface area contributed by atoms with Gasteiger partial charge in [-0.1, -0.05) is 18.5 Å². The van der Waals surface area contributed by atoms with Crippen molar-refractivity contribution in [3.05, 3.63) is 47.2 Å². The molecule has 2 aromatic carbocycles. The predicted molar refractivity (Wildman–Crippen MR) is 82.1 cm³/mol. The van der Waals surface area contributed by atoms with Gasteiger partial charge in [-0.25, -0.2) is 9.37 Å². The van der Waals surface area contributed by atoms with E-state index in [1.165, 1.54) is 18.2 Å². The highest BCUT2D eigenvalue weighted by Gasteiger charge is 2.14. The fourth-order valence-electron chi connectivity index (χ4n) is 2.41. The van der Waals surface area contributed by atoms with Crippen LogP contribution < -0.4 is 0 Å². The minimum Gasteiger partial charge on any atom is -0.506 e. The first-order valence-electron chi connectivity index (χ1n) is 6.75. The minimum absolute atomic E-state index is 0.0320. The molecule has 0 fully saturated rings. The first kappa shape index (κ1) is 13.9. The van der Waals surface area contributed by atoms with E-state index < -0.39 is 0 Å². The number of nitrogens with zero attached hydrogens (tertiary/aromatic N) is 2. The highest BCUT2D eigenvalue weighted by Crippen LogP contribution is 2.31. The van der Waals surface area contributed by atoms with Crippen LogP contribution in [0.25, 0.3) is 22.4 Å². The third-order valence-electron chi connectivity index (χ3n) is 3.36. The Morgan fingerprint density at radius 3 is 2.76 bits per heavy atom. The molecule has 0 spiro atoms. The van der Waals surface area contributed by atoms with Gasteiger partial charge in [0.25, 0.3) is 0 Å². The lowest BCUT2D eigenvalue weighted by atomic mass is 10.2. The normalized spacial score (nSPS) is 11.2. The van der Waals surface area contributed by atoms with Crippen molar-refractivity contribution in [1.82, 2.24) is 9.55 Å². The lowest BCUT2D eigenvalue weighted by Crippen LogP contribution is -1.99. The number of benzene rings is 2. The number of phenolic OH excluding ortho intramolecular Hbond substituents is 1. The van der Waals surface area contributed by atoms with E-state index in [0.717, 1.165) is 35.4 Å². The van der Waals surface area contributed by atoms with Crippen molar-refractivity contribution >= 4 is 22.6 Å². The van der Waals surface area contributed by atoms with Crippen LogP contribution >= 0.6 is 11.6 Å². The lowest BCUT2D eigenvalue weighted by molar-refractivity contribution is 0.475. The lowest BCUT2D eigenvalue weighted by Gasteiger charge is -2.08. The van der Waals surface area contributed by atoms with Crippen LogP contribution in [0.5, 0.6) is 5.75 Å². The van der Waals surface area contributed by atoms with Crippen LogP contribution in [0.15, 0.2) is 36.4 Å². The summed E-state index contributed by atoms with van der Waals surface area (Å²) in [5, 5.41) is 9.80. The van der Waals surface area contributed by atoms with Gasteiger partial charge in [0.2, 0.25) is 0 Å². The number of imidazole rings is 1. The number of fused-ring (bicyclic) bond motifs is 1. The zero-order chi connectivity index (χ0) is 15.0. The quantitative estimate of drug-likeness (QED) is 0.767. The van der Waals surface area contributed by atoms with E-state index in [2.05, 4.69) is 11.9 Å². The zero-order valence-corrected chi connectivity index (χ0v) is 12.2. The average Bonchev–Trinajstić information content (AvgIpc) is 2.81. The summed E-state index contributed by atoms with van der Waals surface area (Å²) in [6, 6.07) is 9.52. The molecular weight excluding hydrogens is 291 g/mol. The number of aryl methyl sites for hydroxylation is 1. The summed E-state index contributed by atoms with van der Waals surface area (Å²) in [5.41, 5.74) is 2.29. The van der Waals surface area contributed by atoms with Gasteiger partial charge in [0.1, 0.15) is 17.4 Å². The molecule has 0 radical (unpaired) electrons. The van der Waals surface area contributed by atoms with Crippen LogP contribution in [-0.2, 0) is 6.54 Å². The molecule has 0 aliphatic rings. The number of hydrogen-bond acceptors (Lipinski definition) is 2. The molecule has 0 atom stereocenters. The third kappa shape index (κ3) is 2.47. The smallest absolute Gasteiger partial charge is 0.141 e. The number of phenols is 1. The van der Waals surface area contributed by atoms with E-state index in [1.807, 2.05) is 4.57 Å². The fourth-order valence-corrected chi connectivity index (χ4v) is 2.59. The summed E-state index contributed by atoms with van der Waals surface area (Å²) in [5.74, 6) is 0.471. The average molecular weight is 305 g/mol. The summed E-state index contributed by atoms with van der Waals surface area (Å²) in [6.45, 7) is 2.78. The summed E-state index contributed by atoms with van der Waals surface area (Å²) in [6.07, 6.45) is 0.904. The Kier molecular flexibility index (Phi) is 3.55. The number of halogens is 2. The van der Waals surface area contributed by atoms with Gasteiger partial charge in [0.15, 0.2) is 0 Å².